The Kier molecular flexibility index (Phi) is 2.30. The molecule has 0 atom stereocenters. The second-order valence-electron chi connectivity index (χ2n) is 5.52. The molecule has 1 aromatic heterocycles. The summed E-state index contributed by atoms with van der Waals surface area (Å²) in [7, 11) is 2.10. The molecule has 1 aromatic carbocycles. The fraction of sp³-hybridized carbons (Fsp3) is 0.467. The van der Waals surface area contributed by atoms with Crippen LogP contribution >= 0.6 is 0 Å². The van der Waals surface area contributed by atoms with Crippen LogP contribution in [0.25, 0.3) is 10.9 Å². The molecule has 90 valence electrons. The lowest BCUT2D eigenvalue weighted by Crippen LogP contribution is -2.32. The number of benzene rings is 1. The zero-order valence-corrected chi connectivity index (χ0v) is 10.7. The van der Waals surface area contributed by atoms with Crippen molar-refractivity contribution in [1.29, 1.82) is 0 Å². The van der Waals surface area contributed by atoms with Crippen molar-refractivity contribution >= 4 is 10.9 Å². The molecule has 0 aliphatic heterocycles. The van der Waals surface area contributed by atoms with Gasteiger partial charge in [-0.2, -0.15) is 0 Å². The van der Waals surface area contributed by atoms with E-state index in [0.29, 0.717) is 0 Å². The van der Waals surface area contributed by atoms with Gasteiger partial charge in [0.25, 0.3) is 0 Å². The van der Waals surface area contributed by atoms with Crippen molar-refractivity contribution in [2.45, 2.75) is 38.1 Å². The van der Waals surface area contributed by atoms with Gasteiger partial charge in [-0.1, -0.05) is 18.9 Å². The van der Waals surface area contributed by atoms with Crippen LogP contribution in [-0.4, -0.2) is 4.57 Å². The van der Waals surface area contributed by atoms with Crippen LogP contribution in [0.1, 0.15) is 36.8 Å². The summed E-state index contributed by atoms with van der Waals surface area (Å²) >= 11 is 0. The second kappa shape index (κ2) is 3.61. The lowest BCUT2D eigenvalue weighted by Gasteiger charge is -2.24. The fourth-order valence-corrected chi connectivity index (χ4v) is 3.19. The van der Waals surface area contributed by atoms with Crippen LogP contribution < -0.4 is 5.73 Å². The molecule has 17 heavy (non-hydrogen) atoms. The van der Waals surface area contributed by atoms with Gasteiger partial charge in [-0.25, -0.2) is 0 Å². The number of hydrogen-bond acceptors (Lipinski definition) is 1. The molecule has 0 unspecified atom stereocenters. The van der Waals surface area contributed by atoms with Gasteiger partial charge in [0.05, 0.1) is 0 Å². The Bertz CT molecular complexity index is 560. The quantitative estimate of drug-likeness (QED) is 0.798. The Morgan fingerprint density at radius 3 is 2.65 bits per heavy atom. The topological polar surface area (TPSA) is 30.9 Å². The van der Waals surface area contributed by atoms with Crippen molar-refractivity contribution in [1.82, 2.24) is 4.57 Å². The smallest absolute Gasteiger partial charge is 0.0480 e. The number of rotatable bonds is 1. The molecule has 1 fully saturated rings. The Morgan fingerprint density at radius 1 is 1.24 bits per heavy atom. The van der Waals surface area contributed by atoms with Crippen molar-refractivity contribution in [2.24, 2.45) is 12.8 Å². The molecule has 0 radical (unpaired) electrons. The predicted molar refractivity (Wildman–Crippen MR) is 72.0 cm³/mol. The van der Waals surface area contributed by atoms with Gasteiger partial charge >= 0.3 is 0 Å². The third-order valence-electron chi connectivity index (χ3n) is 4.26. The first kappa shape index (κ1) is 10.8. The number of fused-ring (bicyclic) bond motifs is 1. The van der Waals surface area contributed by atoms with E-state index in [1.54, 1.807) is 0 Å². The molecule has 3 rings (SSSR count). The molecule has 1 aliphatic rings. The van der Waals surface area contributed by atoms with E-state index in [-0.39, 0.29) is 5.54 Å². The molecular formula is C15H20N2. The minimum atomic E-state index is -0.0729. The zero-order chi connectivity index (χ0) is 12.0. The van der Waals surface area contributed by atoms with Gasteiger partial charge in [0.15, 0.2) is 0 Å². The highest BCUT2D eigenvalue weighted by atomic mass is 14.9. The molecule has 2 heteroatoms. The summed E-state index contributed by atoms with van der Waals surface area (Å²) in [5, 5.41) is 1.35. The predicted octanol–water partition coefficient (Wildman–Crippen LogP) is 3.21. The van der Waals surface area contributed by atoms with E-state index in [0.717, 1.165) is 12.8 Å². The number of hydrogen-bond donors (Lipinski definition) is 1. The highest BCUT2D eigenvalue weighted by Gasteiger charge is 2.31. The SMILES string of the molecule is Cc1cn(C)c2ccc(C3(N)CCCC3)cc12. The summed E-state index contributed by atoms with van der Waals surface area (Å²) in [6.07, 6.45) is 6.98. The number of nitrogens with zero attached hydrogens (tertiary/aromatic N) is 1. The van der Waals surface area contributed by atoms with E-state index in [9.17, 15) is 0 Å². The molecule has 2 nitrogen and oxygen atoms in total. The van der Waals surface area contributed by atoms with E-state index in [1.807, 2.05) is 0 Å². The highest BCUT2D eigenvalue weighted by Crippen LogP contribution is 2.37. The largest absolute Gasteiger partial charge is 0.350 e. The summed E-state index contributed by atoms with van der Waals surface area (Å²) in [4.78, 5) is 0. The maximum Gasteiger partial charge on any atom is 0.0480 e. The Morgan fingerprint density at radius 2 is 1.94 bits per heavy atom. The summed E-state index contributed by atoms with van der Waals surface area (Å²) in [5.41, 5.74) is 10.4. The molecule has 1 saturated carbocycles. The number of nitrogens with two attached hydrogens (primary N) is 1. The zero-order valence-electron chi connectivity index (χ0n) is 10.7. The second-order valence-corrected chi connectivity index (χ2v) is 5.52. The van der Waals surface area contributed by atoms with Gasteiger partial charge in [0, 0.05) is 29.7 Å². The standard InChI is InChI=1S/C15H20N2/c1-11-10-17(2)14-6-5-12(9-13(11)14)15(16)7-3-4-8-15/h5-6,9-10H,3-4,7-8,16H2,1-2H3. The molecular weight excluding hydrogens is 208 g/mol. The summed E-state index contributed by atoms with van der Waals surface area (Å²) in [6.45, 7) is 2.17. The first-order valence-electron chi connectivity index (χ1n) is 6.45. The van der Waals surface area contributed by atoms with Gasteiger partial charge in [0.1, 0.15) is 0 Å². The van der Waals surface area contributed by atoms with Gasteiger partial charge in [-0.3, -0.25) is 0 Å². The molecule has 0 bridgehead atoms. The van der Waals surface area contributed by atoms with E-state index < -0.39 is 0 Å². The molecule has 2 aromatic rings. The molecule has 1 heterocycles. The highest BCUT2D eigenvalue weighted by molar-refractivity contribution is 5.84. The lowest BCUT2D eigenvalue weighted by molar-refractivity contribution is 0.462. The van der Waals surface area contributed by atoms with Crippen molar-refractivity contribution in [3.63, 3.8) is 0 Å². The monoisotopic (exact) mass is 228 g/mol. The van der Waals surface area contributed by atoms with Crippen LogP contribution in [0.5, 0.6) is 0 Å². The Balaban J connectivity index is 2.16. The first-order chi connectivity index (χ1) is 8.10. The number of aromatic nitrogens is 1. The maximum atomic E-state index is 6.52. The summed E-state index contributed by atoms with van der Waals surface area (Å²) in [6, 6.07) is 6.73. The average molecular weight is 228 g/mol. The minimum Gasteiger partial charge on any atom is -0.350 e. The van der Waals surface area contributed by atoms with E-state index in [2.05, 4.69) is 42.9 Å². The van der Waals surface area contributed by atoms with Gasteiger partial charge in [0.2, 0.25) is 0 Å². The normalized spacial score (nSPS) is 19.0. The Hall–Kier alpha value is -1.28. The van der Waals surface area contributed by atoms with Crippen LogP contribution in [-0.2, 0) is 12.6 Å². The maximum absolute atomic E-state index is 6.52. The van der Waals surface area contributed by atoms with Crippen molar-refractivity contribution in [2.75, 3.05) is 0 Å². The molecule has 1 aliphatic carbocycles. The fourth-order valence-electron chi connectivity index (χ4n) is 3.19. The van der Waals surface area contributed by atoms with Gasteiger partial charge in [-0.15, -0.1) is 0 Å². The van der Waals surface area contributed by atoms with Crippen molar-refractivity contribution < 1.29 is 0 Å². The minimum absolute atomic E-state index is 0.0729. The number of aryl methyl sites for hydroxylation is 2. The van der Waals surface area contributed by atoms with E-state index in [1.165, 1.54) is 34.9 Å². The van der Waals surface area contributed by atoms with E-state index >= 15 is 0 Å². The van der Waals surface area contributed by atoms with E-state index in [4.69, 9.17) is 5.73 Å². The van der Waals surface area contributed by atoms with Crippen LogP contribution in [0.2, 0.25) is 0 Å². The average Bonchev–Trinajstić information content (AvgIpc) is 2.86. The lowest BCUT2D eigenvalue weighted by atomic mass is 9.88. The summed E-state index contributed by atoms with van der Waals surface area (Å²) < 4.78 is 2.19. The van der Waals surface area contributed by atoms with Gasteiger partial charge < -0.3 is 10.3 Å². The summed E-state index contributed by atoms with van der Waals surface area (Å²) in [5.74, 6) is 0. The third-order valence-corrected chi connectivity index (χ3v) is 4.26. The molecule has 0 amide bonds. The molecule has 0 saturated heterocycles. The van der Waals surface area contributed by atoms with Crippen molar-refractivity contribution in [3.8, 4) is 0 Å². The van der Waals surface area contributed by atoms with Crippen LogP contribution in [0.15, 0.2) is 24.4 Å². The third kappa shape index (κ3) is 1.59. The molecule has 0 spiro atoms. The van der Waals surface area contributed by atoms with Crippen LogP contribution in [0.3, 0.4) is 0 Å². The van der Waals surface area contributed by atoms with Crippen molar-refractivity contribution in [3.05, 3.63) is 35.5 Å². The Labute approximate surface area is 102 Å². The van der Waals surface area contributed by atoms with Crippen LogP contribution in [0, 0.1) is 6.92 Å². The van der Waals surface area contributed by atoms with Crippen LogP contribution in [0.4, 0.5) is 0 Å². The van der Waals surface area contributed by atoms with Gasteiger partial charge in [-0.05, 0) is 43.0 Å². The first-order valence-corrected chi connectivity index (χ1v) is 6.45. The molecule has 2 N–H and O–H groups in total.